The summed E-state index contributed by atoms with van der Waals surface area (Å²) in [5, 5.41) is 13.4. The topological polar surface area (TPSA) is 99.4 Å². The van der Waals surface area contributed by atoms with Gasteiger partial charge in [-0.1, -0.05) is 6.92 Å². The van der Waals surface area contributed by atoms with Gasteiger partial charge in [-0.3, -0.25) is 4.79 Å². The van der Waals surface area contributed by atoms with Crippen LogP contribution in [0.2, 0.25) is 0 Å². The van der Waals surface area contributed by atoms with Gasteiger partial charge in [-0.2, -0.15) is 0 Å². The summed E-state index contributed by atoms with van der Waals surface area (Å²) in [5.74, 6) is 2.18. The number of methoxy groups -OCH3 is 1. The molecule has 0 aliphatic carbocycles. The van der Waals surface area contributed by atoms with Crippen LogP contribution in [-0.2, 0) is 11.3 Å². The summed E-state index contributed by atoms with van der Waals surface area (Å²) in [5.41, 5.74) is 1.37. The Morgan fingerprint density at radius 2 is 2.10 bits per heavy atom. The van der Waals surface area contributed by atoms with Crippen LogP contribution in [0.5, 0.6) is 5.75 Å². The van der Waals surface area contributed by atoms with E-state index in [1.807, 2.05) is 31.2 Å². The van der Waals surface area contributed by atoms with Crippen LogP contribution in [0, 0.1) is 5.92 Å². The Labute approximate surface area is 181 Å². The molecule has 0 saturated carbocycles. The molecule has 0 bridgehead atoms. The number of aromatic nitrogens is 5. The molecule has 1 fully saturated rings. The highest BCUT2D eigenvalue weighted by Crippen LogP contribution is 2.23. The average Bonchev–Trinajstić information content (AvgIpc) is 3.22. The van der Waals surface area contributed by atoms with Crippen molar-refractivity contribution < 1.29 is 14.4 Å². The number of ether oxygens (including phenoxy) is 2. The molecule has 3 heterocycles. The molecule has 1 aliphatic rings. The van der Waals surface area contributed by atoms with Crippen molar-refractivity contribution in [3.05, 3.63) is 46.0 Å². The van der Waals surface area contributed by atoms with Crippen molar-refractivity contribution in [3.63, 3.8) is 0 Å². The zero-order chi connectivity index (χ0) is 21.8. The zero-order valence-corrected chi connectivity index (χ0v) is 18.4. The van der Waals surface area contributed by atoms with Crippen LogP contribution in [0.25, 0.3) is 10.9 Å². The summed E-state index contributed by atoms with van der Waals surface area (Å²) in [6.07, 6.45) is 2.23. The number of tetrazole rings is 1. The van der Waals surface area contributed by atoms with Gasteiger partial charge in [0.25, 0.3) is 5.56 Å². The Bertz CT molecular complexity index is 1070. The number of quaternary nitrogens is 1. The second kappa shape index (κ2) is 9.57. The Hall–Kier alpha value is -2.78. The van der Waals surface area contributed by atoms with Crippen LogP contribution < -0.4 is 15.2 Å². The normalized spacial score (nSPS) is 20.1. The third kappa shape index (κ3) is 4.62. The SMILES string of the molecule is CCOc1ccc2[nH]c(=O)c([C@H](c3nnnn3CCOC)[NH+]3CCC(C)CC3)cc2c1. The summed E-state index contributed by atoms with van der Waals surface area (Å²) < 4.78 is 12.7. The second-order valence-electron chi connectivity index (χ2n) is 8.26. The second-order valence-corrected chi connectivity index (χ2v) is 8.26. The molecule has 3 aromatic rings. The van der Waals surface area contributed by atoms with Crippen LogP contribution >= 0.6 is 0 Å². The number of likely N-dealkylation sites (tertiary alicyclic amines) is 1. The van der Waals surface area contributed by atoms with Crippen molar-refractivity contribution in [3.8, 4) is 5.75 Å². The molecular weight excluding hydrogens is 396 g/mol. The number of pyridine rings is 1. The first-order valence-electron chi connectivity index (χ1n) is 11.0. The lowest BCUT2D eigenvalue weighted by Crippen LogP contribution is -3.13. The number of H-pyrrole nitrogens is 1. The van der Waals surface area contributed by atoms with Gasteiger partial charge in [-0.05, 0) is 60.4 Å². The van der Waals surface area contributed by atoms with Crippen molar-refractivity contribution in [2.75, 3.05) is 33.4 Å². The number of piperidine rings is 1. The minimum Gasteiger partial charge on any atom is -0.494 e. The summed E-state index contributed by atoms with van der Waals surface area (Å²) in [6.45, 7) is 7.82. The monoisotopic (exact) mass is 427 g/mol. The molecule has 1 aliphatic heterocycles. The summed E-state index contributed by atoms with van der Waals surface area (Å²) >= 11 is 0. The number of rotatable bonds is 8. The molecule has 0 amide bonds. The van der Waals surface area contributed by atoms with Crippen molar-refractivity contribution in [1.29, 1.82) is 0 Å². The van der Waals surface area contributed by atoms with Crippen LogP contribution in [0.15, 0.2) is 29.1 Å². The molecule has 9 nitrogen and oxygen atoms in total. The van der Waals surface area contributed by atoms with Crippen LogP contribution in [0.3, 0.4) is 0 Å². The molecular formula is C22H31N6O3+. The minimum absolute atomic E-state index is 0.103. The number of aromatic amines is 1. The van der Waals surface area contributed by atoms with Gasteiger partial charge in [0.2, 0.25) is 5.82 Å². The number of hydrogen-bond donors (Lipinski definition) is 2. The fraction of sp³-hybridized carbons (Fsp3) is 0.545. The highest BCUT2D eigenvalue weighted by Gasteiger charge is 2.35. The van der Waals surface area contributed by atoms with Crippen molar-refractivity contribution >= 4 is 10.9 Å². The van der Waals surface area contributed by atoms with E-state index < -0.39 is 0 Å². The van der Waals surface area contributed by atoms with E-state index in [1.165, 1.54) is 4.90 Å². The first kappa shape index (κ1) is 21.5. The maximum atomic E-state index is 13.2. The van der Waals surface area contributed by atoms with Crippen molar-refractivity contribution in [1.82, 2.24) is 25.2 Å². The van der Waals surface area contributed by atoms with E-state index in [9.17, 15) is 4.79 Å². The molecule has 1 aromatic carbocycles. The molecule has 0 unspecified atom stereocenters. The highest BCUT2D eigenvalue weighted by molar-refractivity contribution is 5.80. The number of nitrogens with one attached hydrogen (secondary N) is 2. The van der Waals surface area contributed by atoms with Gasteiger partial charge in [0.1, 0.15) is 5.75 Å². The third-order valence-electron chi connectivity index (χ3n) is 6.12. The van der Waals surface area contributed by atoms with Crippen LogP contribution in [0.4, 0.5) is 0 Å². The molecule has 166 valence electrons. The van der Waals surface area contributed by atoms with Crippen molar-refractivity contribution in [2.45, 2.75) is 39.3 Å². The first-order chi connectivity index (χ1) is 15.1. The predicted molar refractivity (Wildman–Crippen MR) is 116 cm³/mol. The summed E-state index contributed by atoms with van der Waals surface area (Å²) in [6, 6.07) is 7.46. The Balaban J connectivity index is 1.81. The predicted octanol–water partition coefficient (Wildman–Crippen LogP) is 0.964. The molecule has 31 heavy (non-hydrogen) atoms. The van der Waals surface area contributed by atoms with E-state index in [1.54, 1.807) is 11.8 Å². The fourth-order valence-corrected chi connectivity index (χ4v) is 4.39. The lowest BCUT2D eigenvalue weighted by molar-refractivity contribution is -0.932. The van der Waals surface area contributed by atoms with Crippen molar-refractivity contribution in [2.24, 2.45) is 5.92 Å². The van der Waals surface area contributed by atoms with E-state index >= 15 is 0 Å². The van der Waals surface area contributed by atoms with E-state index in [-0.39, 0.29) is 11.6 Å². The molecule has 4 rings (SSSR count). The van der Waals surface area contributed by atoms with Crippen LogP contribution in [-0.4, -0.2) is 58.6 Å². The van der Waals surface area contributed by atoms with Gasteiger partial charge in [0.05, 0.1) is 38.4 Å². The molecule has 9 heteroatoms. The number of nitrogens with zero attached hydrogens (tertiary/aromatic N) is 4. The van der Waals surface area contributed by atoms with Crippen LogP contribution in [0.1, 0.15) is 44.1 Å². The van der Waals surface area contributed by atoms with E-state index in [0.717, 1.165) is 42.6 Å². The van der Waals surface area contributed by atoms with Gasteiger partial charge >= 0.3 is 0 Å². The lowest BCUT2D eigenvalue weighted by atomic mass is 9.95. The summed E-state index contributed by atoms with van der Waals surface area (Å²) in [7, 11) is 1.66. The maximum absolute atomic E-state index is 13.2. The third-order valence-corrected chi connectivity index (χ3v) is 6.12. The zero-order valence-electron chi connectivity index (χ0n) is 18.4. The molecule has 1 atom stereocenters. The van der Waals surface area contributed by atoms with Gasteiger partial charge < -0.3 is 19.4 Å². The number of benzene rings is 1. The number of hydrogen-bond acceptors (Lipinski definition) is 6. The molecule has 2 aromatic heterocycles. The highest BCUT2D eigenvalue weighted by atomic mass is 16.5. The van der Waals surface area contributed by atoms with Gasteiger partial charge in [-0.15, -0.1) is 5.10 Å². The Morgan fingerprint density at radius 1 is 1.29 bits per heavy atom. The lowest BCUT2D eigenvalue weighted by Gasteiger charge is -2.33. The number of fused-ring (bicyclic) bond motifs is 1. The smallest absolute Gasteiger partial charge is 0.258 e. The fourth-order valence-electron chi connectivity index (χ4n) is 4.39. The van der Waals surface area contributed by atoms with E-state index in [4.69, 9.17) is 9.47 Å². The average molecular weight is 428 g/mol. The standard InChI is InChI=1S/C22H30N6O3/c1-4-31-17-5-6-19-16(13-17)14-18(22(29)23-19)20(27-9-7-15(2)8-10-27)21-24-25-26-28(21)11-12-30-3/h5-6,13-15,20H,4,7-12H2,1-3H3,(H,23,29)/p+1/t20-/m1/s1. The Morgan fingerprint density at radius 3 is 2.84 bits per heavy atom. The van der Waals surface area contributed by atoms with E-state index in [0.29, 0.717) is 37.1 Å². The van der Waals surface area contributed by atoms with Gasteiger partial charge in [0, 0.05) is 18.0 Å². The van der Waals surface area contributed by atoms with Gasteiger partial charge in [-0.25, -0.2) is 4.68 Å². The minimum atomic E-state index is -0.247. The summed E-state index contributed by atoms with van der Waals surface area (Å²) in [4.78, 5) is 17.6. The first-order valence-corrected chi connectivity index (χ1v) is 11.0. The Kier molecular flexibility index (Phi) is 6.62. The maximum Gasteiger partial charge on any atom is 0.258 e. The largest absolute Gasteiger partial charge is 0.494 e. The molecule has 1 saturated heterocycles. The molecule has 0 spiro atoms. The molecule has 0 radical (unpaired) electrons. The quantitative estimate of drug-likeness (QED) is 0.556. The van der Waals surface area contributed by atoms with E-state index in [2.05, 4.69) is 27.4 Å². The van der Waals surface area contributed by atoms with Gasteiger partial charge in [0.15, 0.2) is 6.04 Å². The molecule has 2 N–H and O–H groups in total.